The summed E-state index contributed by atoms with van der Waals surface area (Å²) in [7, 11) is 1.60. The SMILES string of the molecule is C=Cc1ccccc1CNCCNCCC[Si](C)(OC)OC. The number of benzene rings is 1. The summed E-state index contributed by atoms with van der Waals surface area (Å²) in [6.07, 6.45) is 2.99. The third-order valence-corrected chi connectivity index (χ3v) is 6.91. The number of hydrogen-bond donors (Lipinski definition) is 2. The van der Waals surface area contributed by atoms with Gasteiger partial charge in [0.25, 0.3) is 0 Å². The first kappa shape index (κ1) is 19.1. The second-order valence-electron chi connectivity index (χ2n) is 5.48. The van der Waals surface area contributed by atoms with Gasteiger partial charge in [-0.2, -0.15) is 0 Å². The van der Waals surface area contributed by atoms with E-state index >= 15 is 0 Å². The molecular weight excluding hydrogens is 292 g/mol. The van der Waals surface area contributed by atoms with E-state index in [4.69, 9.17) is 8.85 Å². The fraction of sp³-hybridized carbons (Fsp3) is 0.529. The zero-order valence-electron chi connectivity index (χ0n) is 14.2. The highest BCUT2D eigenvalue weighted by atomic mass is 28.4. The molecule has 0 saturated heterocycles. The van der Waals surface area contributed by atoms with E-state index in [-0.39, 0.29) is 0 Å². The molecule has 1 rings (SSSR count). The van der Waals surface area contributed by atoms with Gasteiger partial charge in [-0.15, -0.1) is 0 Å². The van der Waals surface area contributed by atoms with Gasteiger partial charge in [0.05, 0.1) is 0 Å². The minimum Gasteiger partial charge on any atom is -0.398 e. The molecule has 0 saturated carbocycles. The fourth-order valence-electron chi connectivity index (χ4n) is 2.24. The molecule has 0 radical (unpaired) electrons. The number of rotatable bonds is 12. The van der Waals surface area contributed by atoms with Crippen LogP contribution < -0.4 is 10.6 Å². The summed E-state index contributed by atoms with van der Waals surface area (Å²) in [6.45, 7) is 9.75. The van der Waals surface area contributed by atoms with Crippen LogP contribution in [0.3, 0.4) is 0 Å². The summed E-state index contributed by atoms with van der Waals surface area (Å²) < 4.78 is 10.9. The van der Waals surface area contributed by atoms with Crippen LogP contribution in [-0.2, 0) is 15.4 Å². The standard InChI is InChI=1S/C17H30N2O2Si/c1-5-16-9-6-7-10-17(16)15-19-13-12-18-11-8-14-22(4,20-2)21-3/h5-7,9-10,18-19H,1,8,11-15H2,2-4H3. The fourth-order valence-corrected chi connectivity index (χ4v) is 3.64. The van der Waals surface area contributed by atoms with Crippen LogP contribution in [0.2, 0.25) is 12.6 Å². The quantitative estimate of drug-likeness (QED) is 0.459. The lowest BCUT2D eigenvalue weighted by Gasteiger charge is -2.22. The van der Waals surface area contributed by atoms with Gasteiger partial charge in [0, 0.05) is 33.9 Å². The van der Waals surface area contributed by atoms with Crippen LogP contribution in [0.5, 0.6) is 0 Å². The zero-order chi connectivity index (χ0) is 16.3. The van der Waals surface area contributed by atoms with E-state index < -0.39 is 8.56 Å². The molecule has 0 fully saturated rings. The Balaban J connectivity index is 2.08. The third-order valence-electron chi connectivity index (χ3n) is 3.92. The first-order chi connectivity index (χ1) is 10.6. The normalized spacial score (nSPS) is 11.6. The van der Waals surface area contributed by atoms with Crippen molar-refractivity contribution < 1.29 is 8.85 Å². The lowest BCUT2D eigenvalue weighted by Crippen LogP contribution is -2.37. The Kier molecular flexibility index (Phi) is 9.27. The Morgan fingerprint density at radius 2 is 1.77 bits per heavy atom. The molecule has 0 unspecified atom stereocenters. The molecule has 124 valence electrons. The van der Waals surface area contributed by atoms with Gasteiger partial charge in [-0.25, -0.2) is 0 Å². The van der Waals surface area contributed by atoms with Gasteiger partial charge < -0.3 is 19.5 Å². The molecule has 4 nitrogen and oxygen atoms in total. The average Bonchev–Trinajstić information content (AvgIpc) is 2.57. The molecule has 1 aromatic rings. The molecular formula is C17H30N2O2Si. The first-order valence-corrected chi connectivity index (χ1v) is 10.4. The van der Waals surface area contributed by atoms with Gasteiger partial charge in [0.2, 0.25) is 0 Å². The Labute approximate surface area is 136 Å². The van der Waals surface area contributed by atoms with Crippen molar-refractivity contribution in [1.82, 2.24) is 10.6 Å². The second kappa shape index (κ2) is 10.7. The summed E-state index contributed by atoms with van der Waals surface area (Å²) in [5, 5.41) is 6.90. The van der Waals surface area contributed by atoms with Gasteiger partial charge in [-0.3, -0.25) is 0 Å². The predicted molar refractivity (Wildman–Crippen MR) is 96.2 cm³/mol. The lowest BCUT2D eigenvalue weighted by molar-refractivity contribution is 0.248. The van der Waals surface area contributed by atoms with Crippen LogP contribution in [0.25, 0.3) is 6.08 Å². The van der Waals surface area contributed by atoms with Crippen LogP contribution in [0.1, 0.15) is 17.5 Å². The first-order valence-electron chi connectivity index (χ1n) is 7.87. The van der Waals surface area contributed by atoms with Gasteiger partial charge in [-0.1, -0.05) is 36.9 Å². The van der Waals surface area contributed by atoms with Crippen molar-refractivity contribution in [3.8, 4) is 0 Å². The van der Waals surface area contributed by atoms with Crippen LogP contribution in [-0.4, -0.2) is 42.4 Å². The Morgan fingerprint density at radius 1 is 1.09 bits per heavy atom. The molecule has 0 atom stereocenters. The molecule has 0 aliphatic carbocycles. The van der Waals surface area contributed by atoms with Crippen molar-refractivity contribution in [2.45, 2.75) is 25.6 Å². The third kappa shape index (κ3) is 6.85. The van der Waals surface area contributed by atoms with Crippen molar-refractivity contribution in [2.75, 3.05) is 33.9 Å². The zero-order valence-corrected chi connectivity index (χ0v) is 15.2. The van der Waals surface area contributed by atoms with E-state index in [1.54, 1.807) is 14.2 Å². The highest BCUT2D eigenvalue weighted by molar-refractivity contribution is 6.65. The van der Waals surface area contributed by atoms with Crippen molar-refractivity contribution >= 4 is 14.6 Å². The molecule has 5 heteroatoms. The van der Waals surface area contributed by atoms with Crippen LogP contribution in [0, 0.1) is 0 Å². The van der Waals surface area contributed by atoms with E-state index in [9.17, 15) is 0 Å². The Bertz CT molecular complexity index is 436. The maximum absolute atomic E-state index is 5.47. The summed E-state index contributed by atoms with van der Waals surface area (Å²) in [5.74, 6) is 0. The van der Waals surface area contributed by atoms with Crippen LogP contribution >= 0.6 is 0 Å². The molecule has 0 aliphatic rings. The van der Waals surface area contributed by atoms with Crippen molar-refractivity contribution in [3.63, 3.8) is 0 Å². The molecule has 0 aliphatic heterocycles. The smallest absolute Gasteiger partial charge is 0.334 e. The van der Waals surface area contributed by atoms with E-state index in [0.29, 0.717) is 0 Å². The molecule has 22 heavy (non-hydrogen) atoms. The minimum absolute atomic E-state index is 0.877. The lowest BCUT2D eigenvalue weighted by atomic mass is 10.1. The van der Waals surface area contributed by atoms with Crippen molar-refractivity contribution in [3.05, 3.63) is 42.0 Å². The molecule has 0 heterocycles. The van der Waals surface area contributed by atoms with Gasteiger partial charge in [-0.05, 0) is 36.7 Å². The van der Waals surface area contributed by atoms with E-state index in [2.05, 4.69) is 42.0 Å². The Morgan fingerprint density at radius 3 is 2.45 bits per heavy atom. The largest absolute Gasteiger partial charge is 0.398 e. The van der Waals surface area contributed by atoms with Crippen LogP contribution in [0.4, 0.5) is 0 Å². The monoisotopic (exact) mass is 322 g/mol. The Hall–Kier alpha value is -0.983. The molecule has 0 amide bonds. The van der Waals surface area contributed by atoms with Crippen molar-refractivity contribution in [1.29, 1.82) is 0 Å². The molecule has 2 N–H and O–H groups in total. The topological polar surface area (TPSA) is 42.5 Å². The van der Waals surface area contributed by atoms with Gasteiger partial charge in [0.15, 0.2) is 0 Å². The van der Waals surface area contributed by atoms with Gasteiger partial charge in [0.1, 0.15) is 0 Å². The summed E-state index contributed by atoms with van der Waals surface area (Å²) in [4.78, 5) is 0. The number of hydrogen-bond acceptors (Lipinski definition) is 4. The predicted octanol–water partition coefficient (Wildman–Crippen LogP) is 2.76. The molecule has 0 aromatic heterocycles. The summed E-state index contributed by atoms with van der Waals surface area (Å²) >= 11 is 0. The maximum atomic E-state index is 5.47. The van der Waals surface area contributed by atoms with E-state index in [1.807, 2.05) is 12.1 Å². The summed E-state index contributed by atoms with van der Waals surface area (Å²) in [6, 6.07) is 9.36. The maximum Gasteiger partial charge on any atom is 0.334 e. The molecule has 0 spiro atoms. The van der Waals surface area contributed by atoms with Crippen molar-refractivity contribution in [2.24, 2.45) is 0 Å². The molecule has 0 bridgehead atoms. The highest BCUT2D eigenvalue weighted by Crippen LogP contribution is 2.12. The minimum atomic E-state index is -1.89. The average molecular weight is 323 g/mol. The molecule has 1 aromatic carbocycles. The number of nitrogens with one attached hydrogen (secondary N) is 2. The van der Waals surface area contributed by atoms with E-state index in [1.165, 1.54) is 11.1 Å². The highest BCUT2D eigenvalue weighted by Gasteiger charge is 2.27. The van der Waals surface area contributed by atoms with E-state index in [0.717, 1.165) is 38.6 Å². The second-order valence-corrected chi connectivity index (χ2v) is 9.06. The van der Waals surface area contributed by atoms with Gasteiger partial charge >= 0.3 is 8.56 Å². The summed E-state index contributed by atoms with van der Waals surface area (Å²) in [5.41, 5.74) is 2.49. The van der Waals surface area contributed by atoms with Crippen LogP contribution in [0.15, 0.2) is 30.8 Å².